The lowest BCUT2D eigenvalue weighted by Gasteiger charge is -2.08. The molecule has 0 aliphatic heterocycles. The highest BCUT2D eigenvalue weighted by Gasteiger charge is 2.38. The number of nitro benzene ring substituents is 1. The molecule has 1 amide bonds. The number of halogens is 3. The standard InChI is InChI=1S/C17H10F3N3O3S/c18-17(19,20)16(24)21-11-3-1-2-10(8-11)4-7-15-22-13-9-12(23(25)26)5-6-14(13)27-15/h1-9H,(H,21,24)/b7-4+. The molecular weight excluding hydrogens is 383 g/mol. The minimum atomic E-state index is -4.96. The fourth-order valence-electron chi connectivity index (χ4n) is 2.21. The minimum Gasteiger partial charge on any atom is -0.318 e. The number of aromatic nitrogens is 1. The topological polar surface area (TPSA) is 85.1 Å². The van der Waals surface area contributed by atoms with E-state index in [0.717, 1.165) is 4.70 Å². The number of nitrogens with one attached hydrogen (secondary N) is 1. The summed E-state index contributed by atoms with van der Waals surface area (Å²) in [7, 11) is 0. The van der Waals surface area contributed by atoms with Gasteiger partial charge in [-0.25, -0.2) is 4.98 Å². The Morgan fingerprint density at radius 3 is 2.67 bits per heavy atom. The lowest BCUT2D eigenvalue weighted by molar-refractivity contribution is -0.384. The van der Waals surface area contributed by atoms with E-state index >= 15 is 0 Å². The van der Waals surface area contributed by atoms with Gasteiger partial charge in [-0.1, -0.05) is 18.2 Å². The van der Waals surface area contributed by atoms with Gasteiger partial charge in [0.15, 0.2) is 0 Å². The van der Waals surface area contributed by atoms with E-state index in [1.165, 1.54) is 41.7 Å². The average molecular weight is 393 g/mol. The molecule has 2 aromatic carbocycles. The summed E-state index contributed by atoms with van der Waals surface area (Å²) in [6, 6.07) is 10.3. The first kappa shape index (κ1) is 18.5. The van der Waals surface area contributed by atoms with Crippen LogP contribution in [0.25, 0.3) is 22.4 Å². The summed E-state index contributed by atoms with van der Waals surface area (Å²) in [5, 5.41) is 13.2. The highest BCUT2D eigenvalue weighted by molar-refractivity contribution is 7.19. The van der Waals surface area contributed by atoms with Crippen molar-refractivity contribution in [2.75, 3.05) is 5.32 Å². The Bertz CT molecular complexity index is 1060. The van der Waals surface area contributed by atoms with E-state index in [-0.39, 0.29) is 11.4 Å². The van der Waals surface area contributed by atoms with Gasteiger partial charge in [0.1, 0.15) is 5.01 Å². The van der Waals surface area contributed by atoms with Crippen molar-refractivity contribution < 1.29 is 22.9 Å². The molecule has 6 nitrogen and oxygen atoms in total. The number of fused-ring (bicyclic) bond motifs is 1. The van der Waals surface area contributed by atoms with Gasteiger partial charge in [0.05, 0.1) is 15.1 Å². The van der Waals surface area contributed by atoms with Crippen LogP contribution in [0.3, 0.4) is 0 Å². The van der Waals surface area contributed by atoms with Crippen LogP contribution in [-0.2, 0) is 4.79 Å². The SMILES string of the molecule is O=C(Nc1cccc(/C=C/c2nc3cc([N+](=O)[O-])ccc3s2)c1)C(F)(F)F. The van der Waals surface area contributed by atoms with Crippen LogP contribution in [0.1, 0.15) is 10.6 Å². The lowest BCUT2D eigenvalue weighted by atomic mass is 10.2. The number of benzene rings is 2. The van der Waals surface area contributed by atoms with Crippen molar-refractivity contribution >= 4 is 51.0 Å². The second-order valence-electron chi connectivity index (χ2n) is 5.37. The van der Waals surface area contributed by atoms with Crippen LogP contribution in [0.5, 0.6) is 0 Å². The van der Waals surface area contributed by atoms with Crippen LogP contribution in [0, 0.1) is 10.1 Å². The lowest BCUT2D eigenvalue weighted by Crippen LogP contribution is -2.29. The molecule has 3 rings (SSSR count). The number of rotatable bonds is 4. The van der Waals surface area contributed by atoms with Crippen LogP contribution in [0.4, 0.5) is 24.5 Å². The van der Waals surface area contributed by atoms with Gasteiger partial charge in [-0.3, -0.25) is 14.9 Å². The zero-order valence-corrected chi connectivity index (χ0v) is 14.2. The second kappa shape index (κ2) is 7.16. The minimum absolute atomic E-state index is 0.0133. The summed E-state index contributed by atoms with van der Waals surface area (Å²) in [5.41, 5.74) is 0.996. The number of carbonyl (C=O) groups excluding carboxylic acids is 1. The van der Waals surface area contributed by atoms with Crippen LogP contribution >= 0.6 is 11.3 Å². The van der Waals surface area contributed by atoms with Gasteiger partial charge < -0.3 is 5.32 Å². The maximum atomic E-state index is 12.3. The Hall–Kier alpha value is -3.27. The number of anilines is 1. The van der Waals surface area contributed by atoms with E-state index in [9.17, 15) is 28.1 Å². The smallest absolute Gasteiger partial charge is 0.318 e. The van der Waals surface area contributed by atoms with Crippen molar-refractivity contribution in [2.45, 2.75) is 6.18 Å². The van der Waals surface area contributed by atoms with Crippen LogP contribution in [0.15, 0.2) is 42.5 Å². The molecule has 10 heteroatoms. The van der Waals surface area contributed by atoms with Crippen molar-refractivity contribution in [1.82, 2.24) is 4.98 Å². The Morgan fingerprint density at radius 1 is 1.19 bits per heavy atom. The maximum Gasteiger partial charge on any atom is 0.471 e. The van der Waals surface area contributed by atoms with Crippen molar-refractivity contribution in [3.8, 4) is 0 Å². The predicted octanol–water partition coefficient (Wildman–Crippen LogP) is 4.88. The first-order chi connectivity index (χ1) is 12.7. The molecule has 0 saturated carbocycles. The average Bonchev–Trinajstić information content (AvgIpc) is 3.01. The molecule has 0 atom stereocenters. The summed E-state index contributed by atoms with van der Waals surface area (Å²) < 4.78 is 37.7. The van der Waals surface area contributed by atoms with Gasteiger partial charge in [0, 0.05) is 17.8 Å². The molecule has 27 heavy (non-hydrogen) atoms. The van der Waals surface area contributed by atoms with Crippen molar-refractivity contribution in [1.29, 1.82) is 0 Å². The van der Waals surface area contributed by atoms with Gasteiger partial charge in [0.2, 0.25) is 0 Å². The number of amides is 1. The summed E-state index contributed by atoms with van der Waals surface area (Å²) >= 11 is 1.32. The number of nitrogens with zero attached hydrogens (tertiary/aromatic N) is 2. The molecule has 0 fully saturated rings. The fraction of sp³-hybridized carbons (Fsp3) is 0.0588. The third kappa shape index (κ3) is 4.47. The van der Waals surface area contributed by atoms with Gasteiger partial charge in [0.25, 0.3) is 5.69 Å². The molecule has 0 unspecified atom stereocenters. The molecule has 0 aliphatic rings. The van der Waals surface area contributed by atoms with Crippen LogP contribution in [-0.4, -0.2) is 22.0 Å². The molecule has 138 valence electrons. The van der Waals surface area contributed by atoms with Gasteiger partial charge in [-0.15, -0.1) is 11.3 Å². The predicted molar refractivity (Wildman–Crippen MR) is 96.3 cm³/mol. The molecule has 0 radical (unpaired) electrons. The molecule has 0 aliphatic carbocycles. The number of alkyl halides is 3. The van der Waals surface area contributed by atoms with E-state index in [0.29, 0.717) is 16.1 Å². The molecule has 0 bridgehead atoms. The quantitative estimate of drug-likeness (QED) is 0.506. The third-order valence-electron chi connectivity index (χ3n) is 3.42. The van der Waals surface area contributed by atoms with Gasteiger partial charge in [-0.05, 0) is 29.8 Å². The first-order valence-electron chi connectivity index (χ1n) is 7.44. The third-order valence-corrected chi connectivity index (χ3v) is 4.42. The highest BCUT2D eigenvalue weighted by atomic mass is 32.1. The molecule has 1 heterocycles. The largest absolute Gasteiger partial charge is 0.471 e. The fourth-order valence-corrected chi connectivity index (χ4v) is 3.06. The van der Waals surface area contributed by atoms with E-state index in [4.69, 9.17) is 0 Å². The van der Waals surface area contributed by atoms with Crippen LogP contribution in [0.2, 0.25) is 0 Å². The van der Waals surface area contributed by atoms with E-state index in [1.54, 1.807) is 29.6 Å². The van der Waals surface area contributed by atoms with Crippen LogP contribution < -0.4 is 5.32 Å². The Labute approximate surface area is 154 Å². The zero-order valence-electron chi connectivity index (χ0n) is 13.4. The van der Waals surface area contributed by atoms with E-state index < -0.39 is 17.0 Å². The Kier molecular flexibility index (Phi) is 4.91. The maximum absolute atomic E-state index is 12.3. The van der Waals surface area contributed by atoms with Crippen molar-refractivity contribution in [3.63, 3.8) is 0 Å². The first-order valence-corrected chi connectivity index (χ1v) is 8.25. The van der Waals surface area contributed by atoms with Crippen molar-refractivity contribution in [3.05, 3.63) is 63.1 Å². The monoisotopic (exact) mass is 393 g/mol. The molecule has 3 aromatic rings. The number of non-ortho nitro benzene ring substituents is 1. The number of nitro groups is 1. The molecular formula is C17H10F3N3O3S. The molecule has 0 saturated heterocycles. The summed E-state index contributed by atoms with van der Waals surface area (Å²) in [6.45, 7) is 0. The molecule has 1 N–H and O–H groups in total. The Balaban J connectivity index is 1.80. The number of carbonyl (C=O) groups is 1. The van der Waals surface area contributed by atoms with Gasteiger partial charge in [-0.2, -0.15) is 13.2 Å². The summed E-state index contributed by atoms with van der Waals surface area (Å²) in [6.07, 6.45) is -1.70. The zero-order chi connectivity index (χ0) is 19.6. The molecule has 1 aromatic heterocycles. The normalized spacial score (nSPS) is 11.8. The van der Waals surface area contributed by atoms with E-state index in [1.807, 2.05) is 0 Å². The van der Waals surface area contributed by atoms with Crippen molar-refractivity contribution in [2.24, 2.45) is 0 Å². The highest BCUT2D eigenvalue weighted by Crippen LogP contribution is 2.27. The number of hydrogen-bond donors (Lipinski definition) is 1. The summed E-state index contributed by atoms with van der Waals surface area (Å²) in [4.78, 5) is 25.6. The Morgan fingerprint density at radius 2 is 1.96 bits per heavy atom. The second-order valence-corrected chi connectivity index (χ2v) is 6.43. The summed E-state index contributed by atoms with van der Waals surface area (Å²) in [5.74, 6) is -2.05. The van der Waals surface area contributed by atoms with E-state index in [2.05, 4.69) is 4.98 Å². The van der Waals surface area contributed by atoms with Gasteiger partial charge >= 0.3 is 12.1 Å². The number of hydrogen-bond acceptors (Lipinski definition) is 5. The molecule has 0 spiro atoms. The number of thiazole rings is 1.